The van der Waals surface area contributed by atoms with Crippen LogP contribution in [0.5, 0.6) is 0 Å². The van der Waals surface area contributed by atoms with E-state index >= 15 is 0 Å². The first-order chi connectivity index (χ1) is 12.1. The van der Waals surface area contributed by atoms with Crippen molar-refractivity contribution < 1.29 is 9.59 Å². The number of hydrogen-bond acceptors (Lipinski definition) is 3. The quantitative estimate of drug-likeness (QED) is 0.606. The van der Waals surface area contributed by atoms with Gasteiger partial charge in [0.2, 0.25) is 5.91 Å². The Bertz CT molecular complexity index is 891. The summed E-state index contributed by atoms with van der Waals surface area (Å²) < 4.78 is 0.857. The molecule has 2 heterocycles. The summed E-state index contributed by atoms with van der Waals surface area (Å²) in [5, 5.41) is 4.53. The first-order valence-corrected chi connectivity index (χ1v) is 10.2. The molecule has 2 aliphatic rings. The van der Waals surface area contributed by atoms with E-state index in [1.54, 1.807) is 22.3 Å². The Morgan fingerprint density at radius 2 is 2.04 bits per heavy atom. The zero-order valence-corrected chi connectivity index (χ0v) is 16.5. The van der Waals surface area contributed by atoms with Crippen LogP contribution < -0.4 is 4.90 Å². The van der Waals surface area contributed by atoms with Crippen molar-refractivity contribution in [3.8, 4) is 0 Å². The highest BCUT2D eigenvalue weighted by molar-refractivity contribution is 9.10. The highest BCUT2D eigenvalue weighted by atomic mass is 79.9. The van der Waals surface area contributed by atoms with Crippen LogP contribution in [0.4, 0.5) is 5.69 Å². The van der Waals surface area contributed by atoms with Gasteiger partial charge in [0, 0.05) is 34.5 Å². The fraction of sp³-hybridized carbons (Fsp3) is 0.263. The molecule has 2 aromatic rings. The van der Waals surface area contributed by atoms with Gasteiger partial charge >= 0.3 is 0 Å². The zero-order valence-electron chi connectivity index (χ0n) is 13.3. The van der Waals surface area contributed by atoms with Gasteiger partial charge in [-0.05, 0) is 53.4 Å². The van der Waals surface area contributed by atoms with Crippen molar-refractivity contribution in [3.63, 3.8) is 0 Å². The lowest BCUT2D eigenvalue weighted by atomic mass is 9.78. The number of amides is 1. The van der Waals surface area contributed by atoms with E-state index in [0.717, 1.165) is 34.1 Å². The molecule has 1 aliphatic carbocycles. The molecule has 1 amide bonds. The van der Waals surface area contributed by atoms with Gasteiger partial charge in [-0.2, -0.15) is 11.3 Å². The average molecular weight is 437 g/mol. The minimum absolute atomic E-state index is 0.00567. The lowest BCUT2D eigenvalue weighted by Gasteiger charge is -2.38. The standard InChI is InChI=1S/C19H15BrClNO2S/c20-12-4-5-15(14(21)8-12)22-16-2-1-3-17(23)19(16)13(9-18(22)24)11-6-7-25-10-11/h4-8,10,13H,1-3,9H2/t13-/m0/s1. The fourth-order valence-corrected chi connectivity index (χ4v) is 5.17. The summed E-state index contributed by atoms with van der Waals surface area (Å²) in [6.45, 7) is 0. The van der Waals surface area contributed by atoms with E-state index in [0.29, 0.717) is 23.6 Å². The van der Waals surface area contributed by atoms with E-state index in [1.807, 2.05) is 29.0 Å². The monoisotopic (exact) mass is 435 g/mol. The maximum atomic E-state index is 13.0. The van der Waals surface area contributed by atoms with Crippen molar-refractivity contribution in [1.82, 2.24) is 0 Å². The number of nitrogens with zero attached hydrogens (tertiary/aromatic N) is 1. The van der Waals surface area contributed by atoms with Crippen molar-refractivity contribution in [2.75, 3.05) is 4.90 Å². The number of ketones is 1. The van der Waals surface area contributed by atoms with Gasteiger partial charge in [0.25, 0.3) is 0 Å². The van der Waals surface area contributed by atoms with Crippen LogP contribution in [0, 0.1) is 0 Å². The summed E-state index contributed by atoms with van der Waals surface area (Å²) in [7, 11) is 0. The number of Topliss-reactive ketones (excluding diaryl/α,β-unsaturated/α-hetero) is 1. The number of thiophene rings is 1. The number of benzene rings is 1. The van der Waals surface area contributed by atoms with Gasteiger partial charge in [0.1, 0.15) is 0 Å². The lowest BCUT2D eigenvalue weighted by molar-refractivity contribution is -0.119. The third kappa shape index (κ3) is 2.98. The van der Waals surface area contributed by atoms with E-state index in [9.17, 15) is 9.59 Å². The molecule has 0 unspecified atom stereocenters. The predicted octanol–water partition coefficient (Wildman–Crippen LogP) is 5.69. The molecule has 0 fully saturated rings. The molecule has 4 rings (SSSR count). The maximum absolute atomic E-state index is 13.0. The molecule has 1 atom stereocenters. The van der Waals surface area contributed by atoms with Gasteiger partial charge in [-0.25, -0.2) is 0 Å². The van der Waals surface area contributed by atoms with Crippen molar-refractivity contribution in [2.45, 2.75) is 31.6 Å². The van der Waals surface area contributed by atoms with Crippen molar-refractivity contribution in [3.05, 3.63) is 61.4 Å². The Morgan fingerprint density at radius 1 is 1.20 bits per heavy atom. The third-order valence-electron chi connectivity index (χ3n) is 4.77. The van der Waals surface area contributed by atoms with E-state index in [-0.39, 0.29) is 17.6 Å². The van der Waals surface area contributed by atoms with Crippen LogP contribution in [0.2, 0.25) is 5.02 Å². The Morgan fingerprint density at radius 3 is 2.76 bits per heavy atom. The molecule has 25 heavy (non-hydrogen) atoms. The molecular formula is C19H15BrClNO2S. The number of rotatable bonds is 2. The molecule has 3 nitrogen and oxygen atoms in total. The molecule has 128 valence electrons. The first-order valence-electron chi connectivity index (χ1n) is 8.12. The van der Waals surface area contributed by atoms with Gasteiger partial charge in [-0.15, -0.1) is 0 Å². The van der Waals surface area contributed by atoms with Crippen LogP contribution in [0.1, 0.15) is 37.2 Å². The summed E-state index contributed by atoms with van der Waals surface area (Å²) in [5.74, 6) is 0.0177. The normalized spacial score (nSPS) is 20.9. The van der Waals surface area contributed by atoms with E-state index in [2.05, 4.69) is 15.9 Å². The number of halogens is 2. The molecule has 0 saturated carbocycles. The summed E-state index contributed by atoms with van der Waals surface area (Å²) in [4.78, 5) is 27.4. The minimum atomic E-state index is -0.132. The van der Waals surface area contributed by atoms with Gasteiger partial charge in [0.15, 0.2) is 5.78 Å². The topological polar surface area (TPSA) is 37.4 Å². The molecule has 1 aliphatic heterocycles. The zero-order chi connectivity index (χ0) is 17.6. The van der Waals surface area contributed by atoms with Crippen molar-refractivity contribution >= 4 is 56.2 Å². The highest BCUT2D eigenvalue weighted by Crippen LogP contribution is 2.45. The van der Waals surface area contributed by atoms with Crippen LogP contribution in [0.25, 0.3) is 0 Å². The van der Waals surface area contributed by atoms with Crippen LogP contribution >= 0.6 is 38.9 Å². The van der Waals surface area contributed by atoms with E-state index < -0.39 is 0 Å². The van der Waals surface area contributed by atoms with Gasteiger partial charge in [-0.1, -0.05) is 27.5 Å². The molecule has 0 spiro atoms. The van der Waals surface area contributed by atoms with Crippen LogP contribution in [0.15, 0.2) is 50.8 Å². The number of anilines is 1. The second-order valence-electron chi connectivity index (χ2n) is 6.28. The Hall–Kier alpha value is -1.43. The molecule has 0 N–H and O–H groups in total. The molecule has 0 bridgehead atoms. The number of carbonyl (C=O) groups excluding carboxylic acids is 2. The maximum Gasteiger partial charge on any atom is 0.232 e. The van der Waals surface area contributed by atoms with Gasteiger partial charge in [-0.3, -0.25) is 14.5 Å². The molecule has 0 radical (unpaired) electrons. The summed E-state index contributed by atoms with van der Waals surface area (Å²) in [6.07, 6.45) is 2.34. The van der Waals surface area contributed by atoms with Gasteiger partial charge in [0.05, 0.1) is 10.7 Å². The van der Waals surface area contributed by atoms with Gasteiger partial charge < -0.3 is 0 Å². The SMILES string of the molecule is O=C1CCCC2=C1[C@H](c1ccsc1)CC(=O)N2c1ccc(Br)cc1Cl. The van der Waals surface area contributed by atoms with Crippen molar-refractivity contribution in [1.29, 1.82) is 0 Å². The van der Waals surface area contributed by atoms with Crippen molar-refractivity contribution in [2.24, 2.45) is 0 Å². The van der Waals surface area contributed by atoms with Crippen LogP contribution in [-0.2, 0) is 9.59 Å². The largest absolute Gasteiger partial charge is 0.294 e. The molecule has 1 aromatic heterocycles. The fourth-order valence-electron chi connectivity index (χ4n) is 3.69. The number of allylic oxidation sites excluding steroid dienone is 2. The second kappa shape index (κ2) is 6.71. The minimum Gasteiger partial charge on any atom is -0.294 e. The number of hydrogen-bond donors (Lipinski definition) is 0. The first kappa shape index (κ1) is 17.0. The lowest BCUT2D eigenvalue weighted by Crippen LogP contribution is -2.40. The molecule has 0 saturated heterocycles. The van der Waals surface area contributed by atoms with E-state index in [4.69, 9.17) is 11.6 Å². The Balaban J connectivity index is 1.88. The summed E-state index contributed by atoms with van der Waals surface area (Å²) in [5.41, 5.74) is 3.33. The third-order valence-corrected chi connectivity index (χ3v) is 6.27. The Kier molecular flexibility index (Phi) is 4.56. The second-order valence-corrected chi connectivity index (χ2v) is 8.38. The predicted molar refractivity (Wildman–Crippen MR) is 104 cm³/mol. The highest BCUT2D eigenvalue weighted by Gasteiger charge is 2.40. The molecular weight excluding hydrogens is 422 g/mol. The Labute approximate surface area is 163 Å². The summed E-state index contributed by atoms with van der Waals surface area (Å²) in [6, 6.07) is 7.49. The average Bonchev–Trinajstić information content (AvgIpc) is 3.10. The van der Waals surface area contributed by atoms with Crippen LogP contribution in [-0.4, -0.2) is 11.7 Å². The molecule has 6 heteroatoms. The number of carbonyl (C=O) groups is 2. The molecule has 1 aromatic carbocycles. The smallest absolute Gasteiger partial charge is 0.232 e. The summed E-state index contributed by atoms with van der Waals surface area (Å²) >= 11 is 11.4. The van der Waals surface area contributed by atoms with E-state index in [1.165, 1.54) is 0 Å². The van der Waals surface area contributed by atoms with Crippen LogP contribution in [0.3, 0.4) is 0 Å².